The summed E-state index contributed by atoms with van der Waals surface area (Å²) >= 11 is 0. The van der Waals surface area contributed by atoms with Gasteiger partial charge in [0.15, 0.2) is 0 Å². The van der Waals surface area contributed by atoms with Gasteiger partial charge in [0.1, 0.15) is 5.78 Å². The zero-order valence-electron chi connectivity index (χ0n) is 10.4. The zero-order chi connectivity index (χ0) is 11.8. The van der Waals surface area contributed by atoms with Crippen LogP contribution in [0.25, 0.3) is 0 Å². The van der Waals surface area contributed by atoms with Crippen molar-refractivity contribution in [1.82, 2.24) is 9.78 Å². The van der Waals surface area contributed by atoms with Gasteiger partial charge in [-0.15, -0.1) is 0 Å². The molecule has 92 valence electrons. The molecule has 2 aliphatic rings. The number of hydrogen-bond donors (Lipinski definition) is 0. The lowest BCUT2D eigenvalue weighted by Crippen LogP contribution is -2.06. The quantitative estimate of drug-likeness (QED) is 0.799. The molecule has 2 aliphatic carbocycles. The third-order valence-corrected chi connectivity index (χ3v) is 4.42. The zero-order valence-corrected chi connectivity index (χ0v) is 10.4. The average Bonchev–Trinajstić information content (AvgIpc) is 2.92. The van der Waals surface area contributed by atoms with Gasteiger partial charge in [-0.25, -0.2) is 0 Å². The summed E-state index contributed by atoms with van der Waals surface area (Å²) in [5, 5.41) is 4.22. The number of nitrogens with zero attached hydrogens (tertiary/aromatic N) is 2. The summed E-state index contributed by atoms with van der Waals surface area (Å²) in [6.07, 6.45) is 9.68. The maximum atomic E-state index is 12.2. The van der Waals surface area contributed by atoms with E-state index in [9.17, 15) is 4.79 Å². The molecule has 0 bridgehead atoms. The number of hydrogen-bond acceptors (Lipinski definition) is 2. The first kappa shape index (κ1) is 11.0. The highest BCUT2D eigenvalue weighted by Crippen LogP contribution is 2.55. The molecule has 0 radical (unpaired) electrons. The van der Waals surface area contributed by atoms with Crippen molar-refractivity contribution < 1.29 is 4.79 Å². The number of Topliss-reactive ketones (excluding diaryl/α,β-unsaturated/α-hetero) is 1. The SMILES string of the molecule is CCn1cc(CC(=O)C2C3CCCCC32)cn1. The van der Waals surface area contributed by atoms with Crippen LogP contribution in [0.15, 0.2) is 12.4 Å². The lowest BCUT2D eigenvalue weighted by Gasteiger charge is -2.04. The van der Waals surface area contributed by atoms with Gasteiger partial charge in [0, 0.05) is 25.1 Å². The summed E-state index contributed by atoms with van der Waals surface area (Å²) in [7, 11) is 0. The van der Waals surface area contributed by atoms with Crippen LogP contribution in [-0.2, 0) is 17.8 Å². The number of carbonyl (C=O) groups is 1. The second kappa shape index (κ2) is 4.28. The summed E-state index contributed by atoms with van der Waals surface area (Å²) in [6, 6.07) is 0. The van der Waals surface area contributed by atoms with E-state index in [1.807, 2.05) is 17.1 Å². The van der Waals surface area contributed by atoms with E-state index >= 15 is 0 Å². The lowest BCUT2D eigenvalue weighted by atomic mass is 10.0. The van der Waals surface area contributed by atoms with E-state index in [2.05, 4.69) is 12.0 Å². The van der Waals surface area contributed by atoms with E-state index in [1.165, 1.54) is 25.7 Å². The van der Waals surface area contributed by atoms with Gasteiger partial charge < -0.3 is 0 Å². The molecule has 17 heavy (non-hydrogen) atoms. The standard InChI is InChI=1S/C14H20N2O/c1-2-16-9-10(8-15-16)7-13(17)14-11-5-3-4-6-12(11)14/h8-9,11-12,14H,2-7H2,1H3. The highest BCUT2D eigenvalue weighted by Gasteiger charge is 2.53. The van der Waals surface area contributed by atoms with Crippen LogP contribution < -0.4 is 0 Å². The third kappa shape index (κ3) is 2.03. The third-order valence-electron chi connectivity index (χ3n) is 4.42. The highest BCUT2D eigenvalue weighted by atomic mass is 16.1. The number of carbonyl (C=O) groups excluding carboxylic acids is 1. The molecular formula is C14H20N2O. The Morgan fingerprint density at radius 1 is 1.41 bits per heavy atom. The number of aromatic nitrogens is 2. The van der Waals surface area contributed by atoms with Crippen molar-refractivity contribution in [2.24, 2.45) is 17.8 Å². The Labute approximate surface area is 102 Å². The van der Waals surface area contributed by atoms with Crippen molar-refractivity contribution in [2.75, 3.05) is 0 Å². The fourth-order valence-corrected chi connectivity index (χ4v) is 3.46. The molecule has 0 aliphatic heterocycles. The first-order valence-corrected chi connectivity index (χ1v) is 6.83. The van der Waals surface area contributed by atoms with Crippen LogP contribution >= 0.6 is 0 Å². The Bertz CT molecular complexity index is 412. The Balaban J connectivity index is 1.60. The fourth-order valence-electron chi connectivity index (χ4n) is 3.46. The normalized spacial score (nSPS) is 31.0. The van der Waals surface area contributed by atoms with Gasteiger partial charge in [-0.1, -0.05) is 12.8 Å². The van der Waals surface area contributed by atoms with E-state index in [0.717, 1.165) is 23.9 Å². The van der Waals surface area contributed by atoms with E-state index in [4.69, 9.17) is 0 Å². The summed E-state index contributed by atoms with van der Waals surface area (Å²) in [5.41, 5.74) is 1.08. The minimum absolute atomic E-state index is 0.391. The van der Waals surface area contributed by atoms with Crippen LogP contribution in [0, 0.1) is 17.8 Å². The van der Waals surface area contributed by atoms with Gasteiger partial charge in [-0.2, -0.15) is 5.10 Å². The Hall–Kier alpha value is -1.12. The Morgan fingerprint density at radius 2 is 2.12 bits per heavy atom. The molecule has 0 spiro atoms. The second-order valence-electron chi connectivity index (χ2n) is 5.49. The van der Waals surface area contributed by atoms with E-state index in [1.54, 1.807) is 0 Å². The smallest absolute Gasteiger partial charge is 0.141 e. The van der Waals surface area contributed by atoms with Crippen molar-refractivity contribution in [1.29, 1.82) is 0 Å². The van der Waals surface area contributed by atoms with Crippen LogP contribution in [0.1, 0.15) is 38.2 Å². The van der Waals surface area contributed by atoms with E-state index < -0.39 is 0 Å². The van der Waals surface area contributed by atoms with Gasteiger partial charge >= 0.3 is 0 Å². The monoisotopic (exact) mass is 232 g/mol. The molecule has 0 saturated heterocycles. The van der Waals surface area contributed by atoms with Crippen molar-refractivity contribution in [3.8, 4) is 0 Å². The molecular weight excluding hydrogens is 212 g/mol. The molecule has 2 atom stereocenters. The maximum absolute atomic E-state index is 12.2. The summed E-state index contributed by atoms with van der Waals surface area (Å²) < 4.78 is 1.89. The minimum atomic E-state index is 0.391. The number of ketones is 1. The van der Waals surface area contributed by atoms with Crippen molar-refractivity contribution >= 4 is 5.78 Å². The van der Waals surface area contributed by atoms with Crippen molar-refractivity contribution in [2.45, 2.75) is 45.6 Å². The molecule has 3 heteroatoms. The van der Waals surface area contributed by atoms with Gasteiger partial charge in [0.05, 0.1) is 6.20 Å². The molecule has 3 rings (SSSR count). The van der Waals surface area contributed by atoms with Gasteiger partial charge in [-0.3, -0.25) is 9.48 Å². The molecule has 2 fully saturated rings. The molecule has 1 heterocycles. The molecule has 2 unspecified atom stereocenters. The Kier molecular flexibility index (Phi) is 2.77. The lowest BCUT2D eigenvalue weighted by molar-refractivity contribution is -0.120. The summed E-state index contributed by atoms with van der Waals surface area (Å²) in [4.78, 5) is 12.2. The molecule has 3 nitrogen and oxygen atoms in total. The van der Waals surface area contributed by atoms with Crippen LogP contribution in [0.4, 0.5) is 0 Å². The molecule has 2 saturated carbocycles. The van der Waals surface area contributed by atoms with Crippen LogP contribution in [-0.4, -0.2) is 15.6 Å². The molecule has 0 N–H and O–H groups in total. The second-order valence-corrected chi connectivity index (χ2v) is 5.49. The predicted octanol–water partition coefficient (Wildman–Crippen LogP) is 2.45. The minimum Gasteiger partial charge on any atom is -0.299 e. The Morgan fingerprint density at radius 3 is 2.71 bits per heavy atom. The predicted molar refractivity (Wildman–Crippen MR) is 65.6 cm³/mol. The van der Waals surface area contributed by atoms with Crippen LogP contribution in [0.2, 0.25) is 0 Å². The largest absolute Gasteiger partial charge is 0.299 e. The van der Waals surface area contributed by atoms with Gasteiger partial charge in [0.2, 0.25) is 0 Å². The number of fused-ring (bicyclic) bond motifs is 1. The molecule has 1 aromatic rings. The van der Waals surface area contributed by atoms with Crippen molar-refractivity contribution in [3.63, 3.8) is 0 Å². The van der Waals surface area contributed by atoms with E-state index in [-0.39, 0.29) is 0 Å². The van der Waals surface area contributed by atoms with Gasteiger partial charge in [-0.05, 0) is 37.2 Å². The van der Waals surface area contributed by atoms with Crippen LogP contribution in [0.5, 0.6) is 0 Å². The molecule has 0 amide bonds. The summed E-state index contributed by atoms with van der Waals surface area (Å²) in [5.74, 6) is 2.31. The highest BCUT2D eigenvalue weighted by molar-refractivity contribution is 5.86. The number of aryl methyl sites for hydroxylation is 1. The molecule has 1 aromatic heterocycles. The van der Waals surface area contributed by atoms with Crippen molar-refractivity contribution in [3.05, 3.63) is 18.0 Å². The topological polar surface area (TPSA) is 34.9 Å². The van der Waals surface area contributed by atoms with Crippen LogP contribution in [0.3, 0.4) is 0 Å². The fraction of sp³-hybridized carbons (Fsp3) is 0.714. The first-order valence-electron chi connectivity index (χ1n) is 6.83. The average molecular weight is 232 g/mol. The maximum Gasteiger partial charge on any atom is 0.141 e. The first-order chi connectivity index (χ1) is 8.29. The number of rotatable bonds is 4. The van der Waals surface area contributed by atoms with Gasteiger partial charge in [0.25, 0.3) is 0 Å². The summed E-state index contributed by atoms with van der Waals surface area (Å²) in [6.45, 7) is 2.94. The molecule has 0 aromatic carbocycles. The van der Waals surface area contributed by atoms with E-state index in [0.29, 0.717) is 18.1 Å².